The van der Waals surface area contributed by atoms with Gasteiger partial charge in [0.1, 0.15) is 0 Å². The van der Waals surface area contributed by atoms with Crippen molar-refractivity contribution in [3.63, 3.8) is 0 Å². The zero-order chi connectivity index (χ0) is 16.2. The van der Waals surface area contributed by atoms with Crippen molar-refractivity contribution in [2.75, 3.05) is 37.7 Å². The summed E-state index contributed by atoms with van der Waals surface area (Å²) in [6.07, 6.45) is 0.739. The highest BCUT2D eigenvalue weighted by atomic mass is 127. The fraction of sp³-hybridized carbons (Fsp3) is 0.500. The van der Waals surface area contributed by atoms with Gasteiger partial charge in [0.2, 0.25) is 0 Å². The first-order valence-corrected chi connectivity index (χ1v) is 10.7. The van der Waals surface area contributed by atoms with Crippen molar-refractivity contribution in [2.24, 2.45) is 0 Å². The maximum atomic E-state index is 12.0. The van der Waals surface area contributed by atoms with Crippen LogP contribution in [0.1, 0.15) is 16.8 Å². The van der Waals surface area contributed by atoms with E-state index in [-0.39, 0.29) is 17.5 Å². The monoisotopic (exact) mass is 502 g/mol. The van der Waals surface area contributed by atoms with Gasteiger partial charge in [0.25, 0.3) is 0 Å². The number of sulfone groups is 1. The maximum Gasteiger partial charge on any atom is 0.339 e. The molecule has 0 radical (unpaired) electrons. The molecule has 0 spiro atoms. The van der Waals surface area contributed by atoms with Gasteiger partial charge in [0.05, 0.1) is 43.3 Å². The average Bonchev–Trinajstić information content (AvgIpc) is 2.47. The van der Waals surface area contributed by atoms with Crippen molar-refractivity contribution >= 4 is 54.3 Å². The highest BCUT2D eigenvalue weighted by Crippen LogP contribution is 2.20. The van der Waals surface area contributed by atoms with Gasteiger partial charge < -0.3 is 9.64 Å². The van der Waals surface area contributed by atoms with Crippen LogP contribution in [0.5, 0.6) is 0 Å². The molecule has 1 fully saturated rings. The number of nitrogens with one attached hydrogen (secondary N) is 1. The minimum absolute atomic E-state index is 0.261. The quantitative estimate of drug-likeness (QED) is 0.369. The fourth-order valence-corrected chi connectivity index (χ4v) is 4.60. The van der Waals surface area contributed by atoms with E-state index >= 15 is 0 Å². The molecule has 22 heavy (non-hydrogen) atoms. The number of ether oxygens (including phenoxy) is 1. The van der Waals surface area contributed by atoms with Gasteiger partial charge in [-0.2, -0.15) is 0 Å². The Balaban J connectivity index is 1.73. The van der Waals surface area contributed by atoms with Crippen LogP contribution in [0.3, 0.4) is 0 Å². The molecule has 0 bridgehead atoms. The molecule has 1 aromatic carbocycles. The first-order valence-electron chi connectivity index (χ1n) is 7.03. The van der Waals surface area contributed by atoms with E-state index in [9.17, 15) is 13.2 Å². The molecule has 2 rings (SSSR count). The van der Waals surface area contributed by atoms with Crippen molar-refractivity contribution in [1.29, 1.82) is 0 Å². The molecule has 0 aliphatic carbocycles. The molecule has 1 aliphatic rings. The number of benzene rings is 1. The molecule has 1 aliphatic heterocycles. The van der Waals surface area contributed by atoms with E-state index in [1.165, 1.54) is 4.90 Å². The van der Waals surface area contributed by atoms with Crippen LogP contribution in [0.2, 0.25) is 0 Å². The van der Waals surface area contributed by atoms with Gasteiger partial charge >= 0.3 is 5.97 Å². The van der Waals surface area contributed by atoms with E-state index in [0.29, 0.717) is 25.3 Å². The van der Waals surface area contributed by atoms with E-state index in [1.54, 1.807) is 6.07 Å². The van der Waals surface area contributed by atoms with Crippen LogP contribution in [0.4, 0.5) is 0 Å². The Labute approximate surface area is 152 Å². The number of carbonyl (C=O) groups is 1. The Morgan fingerprint density at radius 3 is 2.68 bits per heavy atom. The van der Waals surface area contributed by atoms with Gasteiger partial charge in [0, 0.05) is 14.5 Å². The second-order valence-corrected chi connectivity index (χ2v) is 9.67. The Kier molecular flexibility index (Phi) is 6.66. The van der Waals surface area contributed by atoms with Crippen molar-refractivity contribution in [3.05, 3.63) is 31.8 Å². The molecule has 0 saturated carbocycles. The SMILES string of the molecule is O=C(OCCC[NH+]1CCS(=O)(=O)CC1)c1cc(I)ccc1Br. The second kappa shape index (κ2) is 8.07. The summed E-state index contributed by atoms with van der Waals surface area (Å²) in [5, 5.41) is 0. The van der Waals surface area contributed by atoms with Crippen LogP contribution in [-0.2, 0) is 14.6 Å². The number of hydrogen-bond donors (Lipinski definition) is 1. The van der Waals surface area contributed by atoms with Crippen LogP contribution in [-0.4, -0.2) is 52.1 Å². The van der Waals surface area contributed by atoms with E-state index < -0.39 is 9.84 Å². The van der Waals surface area contributed by atoms with Gasteiger partial charge in [-0.1, -0.05) is 0 Å². The zero-order valence-electron chi connectivity index (χ0n) is 12.0. The standard InChI is InChI=1S/C14H17BrINO4S/c15-13-3-2-11(16)10-12(13)14(18)21-7-1-4-17-5-8-22(19,20)9-6-17/h2-3,10H,1,4-9H2/p+1. The second-order valence-electron chi connectivity index (χ2n) is 5.27. The molecule has 1 N–H and O–H groups in total. The summed E-state index contributed by atoms with van der Waals surface area (Å²) in [5.41, 5.74) is 0.531. The van der Waals surface area contributed by atoms with Crippen molar-refractivity contribution in [2.45, 2.75) is 6.42 Å². The number of halogens is 2. The van der Waals surface area contributed by atoms with E-state index in [0.717, 1.165) is 21.0 Å². The number of rotatable bonds is 5. The molecule has 0 atom stereocenters. The highest BCUT2D eigenvalue weighted by Gasteiger charge is 2.24. The third-order valence-corrected chi connectivity index (χ3v) is 6.60. The summed E-state index contributed by atoms with van der Waals surface area (Å²) in [6.45, 7) is 2.49. The third-order valence-electron chi connectivity index (χ3n) is 3.59. The van der Waals surface area contributed by atoms with Crippen molar-refractivity contribution < 1.29 is 22.8 Å². The van der Waals surface area contributed by atoms with Crippen LogP contribution >= 0.6 is 38.5 Å². The zero-order valence-corrected chi connectivity index (χ0v) is 16.5. The first-order chi connectivity index (χ1) is 10.4. The number of hydrogen-bond acceptors (Lipinski definition) is 4. The van der Waals surface area contributed by atoms with Gasteiger partial charge in [0.15, 0.2) is 9.84 Å². The minimum atomic E-state index is -2.82. The van der Waals surface area contributed by atoms with Gasteiger partial charge in [-0.15, -0.1) is 0 Å². The minimum Gasteiger partial charge on any atom is -0.462 e. The molecular formula is C14H18BrINO4S+. The number of carbonyl (C=O) groups excluding carboxylic acids is 1. The van der Waals surface area contributed by atoms with Crippen LogP contribution in [0.15, 0.2) is 22.7 Å². The van der Waals surface area contributed by atoms with Gasteiger partial charge in [-0.05, 0) is 56.7 Å². The van der Waals surface area contributed by atoms with Crippen LogP contribution < -0.4 is 4.90 Å². The third kappa shape index (κ3) is 5.47. The Hall–Kier alpha value is -0.190. The highest BCUT2D eigenvalue weighted by molar-refractivity contribution is 14.1. The molecular weight excluding hydrogens is 485 g/mol. The summed E-state index contributed by atoms with van der Waals surface area (Å²) < 4.78 is 29.7. The van der Waals surface area contributed by atoms with E-state index in [2.05, 4.69) is 38.5 Å². The molecule has 0 unspecified atom stereocenters. The topological polar surface area (TPSA) is 64.9 Å². The van der Waals surface area contributed by atoms with Gasteiger partial charge in [-0.25, -0.2) is 13.2 Å². The summed E-state index contributed by atoms with van der Waals surface area (Å²) in [6, 6.07) is 5.53. The summed E-state index contributed by atoms with van der Waals surface area (Å²) in [4.78, 5) is 13.3. The fourth-order valence-electron chi connectivity index (χ4n) is 2.30. The molecule has 8 heteroatoms. The number of esters is 1. The van der Waals surface area contributed by atoms with E-state index in [1.807, 2.05) is 12.1 Å². The normalized spacial score (nSPS) is 18.1. The lowest BCUT2D eigenvalue weighted by Crippen LogP contribution is -3.14. The Bertz CT molecular complexity index is 636. The van der Waals surface area contributed by atoms with Gasteiger partial charge in [-0.3, -0.25) is 0 Å². The molecule has 0 aromatic heterocycles. The Morgan fingerprint density at radius 1 is 1.32 bits per heavy atom. The average molecular weight is 503 g/mol. The lowest BCUT2D eigenvalue weighted by atomic mass is 10.2. The van der Waals surface area contributed by atoms with Crippen molar-refractivity contribution in [1.82, 2.24) is 0 Å². The molecule has 1 saturated heterocycles. The lowest BCUT2D eigenvalue weighted by molar-refractivity contribution is -0.896. The smallest absolute Gasteiger partial charge is 0.339 e. The molecule has 0 amide bonds. The largest absolute Gasteiger partial charge is 0.462 e. The first kappa shape index (κ1) is 18.2. The van der Waals surface area contributed by atoms with Crippen LogP contribution in [0.25, 0.3) is 0 Å². The molecule has 122 valence electrons. The molecule has 5 nitrogen and oxygen atoms in total. The predicted octanol–water partition coefficient (Wildman–Crippen LogP) is 0.914. The van der Waals surface area contributed by atoms with E-state index in [4.69, 9.17) is 4.74 Å². The predicted molar refractivity (Wildman–Crippen MR) is 96.0 cm³/mol. The number of quaternary nitrogens is 1. The molecule has 1 heterocycles. The summed E-state index contributed by atoms with van der Waals surface area (Å²) >= 11 is 5.50. The van der Waals surface area contributed by atoms with Crippen LogP contribution in [0, 0.1) is 3.57 Å². The van der Waals surface area contributed by atoms with Crippen molar-refractivity contribution in [3.8, 4) is 0 Å². The maximum absolute atomic E-state index is 12.0. The Morgan fingerprint density at radius 2 is 2.00 bits per heavy atom. The summed E-state index contributed by atoms with van der Waals surface area (Å²) in [7, 11) is -2.82. The lowest BCUT2D eigenvalue weighted by Gasteiger charge is -2.23. The molecule has 1 aromatic rings. The summed E-state index contributed by atoms with van der Waals surface area (Å²) in [5.74, 6) is 0.191.